The van der Waals surface area contributed by atoms with E-state index in [-0.39, 0.29) is 32.1 Å². The Kier molecular flexibility index (Phi) is 13.1. The number of amides is 3. The number of ether oxygens (including phenoxy) is 2. The average Bonchev–Trinajstić information content (AvgIpc) is 2.60. The molecule has 0 heterocycles. The number of hydrogen-bond acceptors (Lipinski definition) is 6. The molecule has 0 spiro atoms. The summed E-state index contributed by atoms with van der Waals surface area (Å²) >= 11 is 0. The highest BCUT2D eigenvalue weighted by atomic mass is 16.6. The van der Waals surface area contributed by atoms with E-state index in [2.05, 4.69) is 20.7 Å². The Hall–Kier alpha value is -2.68. The van der Waals surface area contributed by atoms with Crippen LogP contribution in [-0.2, 0) is 14.3 Å². The van der Waals surface area contributed by atoms with Crippen LogP contribution < -0.4 is 10.6 Å². The summed E-state index contributed by atoms with van der Waals surface area (Å²) in [5.41, 5.74) is 7.06. The first-order chi connectivity index (χ1) is 14.3. The normalized spacial score (nSPS) is 11.2. The average molecular weight is 443 g/mol. The lowest BCUT2D eigenvalue weighted by Gasteiger charge is -2.25. The van der Waals surface area contributed by atoms with Crippen LogP contribution >= 0.6 is 0 Å². The van der Waals surface area contributed by atoms with Crippen LogP contribution in [0.2, 0.25) is 0 Å². The molecule has 31 heavy (non-hydrogen) atoms. The lowest BCUT2D eigenvalue weighted by molar-refractivity contribution is -0.131. The number of hydrogen-bond donors (Lipinski definition) is 2. The SMILES string of the molecule is CC(C)(C)OC(=O)NCCN(CCNC(=O)OC(C)(C)C)C(=O)CCCCCN=[N+]=[N-]. The van der Waals surface area contributed by atoms with Gasteiger partial charge in [-0.05, 0) is 59.9 Å². The fourth-order valence-corrected chi connectivity index (χ4v) is 2.41. The van der Waals surface area contributed by atoms with Gasteiger partial charge in [0.25, 0.3) is 0 Å². The second kappa shape index (κ2) is 14.3. The van der Waals surface area contributed by atoms with E-state index < -0.39 is 23.4 Å². The summed E-state index contributed by atoms with van der Waals surface area (Å²) < 4.78 is 10.4. The van der Waals surface area contributed by atoms with E-state index in [0.29, 0.717) is 19.4 Å². The van der Waals surface area contributed by atoms with Crippen molar-refractivity contribution in [1.29, 1.82) is 0 Å². The minimum absolute atomic E-state index is 0.0826. The zero-order valence-corrected chi connectivity index (χ0v) is 19.7. The summed E-state index contributed by atoms with van der Waals surface area (Å²) in [5.74, 6) is -0.0826. The molecule has 3 amide bonds. The van der Waals surface area contributed by atoms with Crippen LogP contribution in [0, 0.1) is 0 Å². The van der Waals surface area contributed by atoms with Gasteiger partial charge in [-0.3, -0.25) is 4.79 Å². The highest BCUT2D eigenvalue weighted by molar-refractivity contribution is 5.76. The summed E-state index contributed by atoms with van der Waals surface area (Å²) in [4.78, 5) is 40.5. The molecule has 0 atom stereocenters. The molecule has 0 aliphatic carbocycles. The third-order valence-corrected chi connectivity index (χ3v) is 3.66. The summed E-state index contributed by atoms with van der Waals surface area (Å²) in [6, 6.07) is 0. The van der Waals surface area contributed by atoms with Gasteiger partial charge < -0.3 is 25.0 Å². The summed E-state index contributed by atoms with van der Waals surface area (Å²) in [7, 11) is 0. The Bertz CT molecular complexity index is 587. The molecule has 0 aromatic rings. The summed E-state index contributed by atoms with van der Waals surface area (Å²) in [5, 5.41) is 8.73. The molecule has 0 radical (unpaired) electrons. The first kappa shape index (κ1) is 28.3. The molecular formula is C20H38N6O5. The maximum atomic E-state index is 12.6. The van der Waals surface area contributed by atoms with Gasteiger partial charge in [0.1, 0.15) is 11.2 Å². The molecule has 0 bridgehead atoms. The Morgan fingerprint density at radius 2 is 1.35 bits per heavy atom. The van der Waals surface area contributed by atoms with Crippen molar-refractivity contribution < 1.29 is 23.9 Å². The second-order valence-electron chi connectivity index (χ2n) is 9.00. The monoisotopic (exact) mass is 442 g/mol. The van der Waals surface area contributed by atoms with Crippen LogP contribution in [-0.4, -0.2) is 66.9 Å². The smallest absolute Gasteiger partial charge is 0.407 e. The Balaban J connectivity index is 4.58. The van der Waals surface area contributed by atoms with Crippen molar-refractivity contribution in [3.63, 3.8) is 0 Å². The van der Waals surface area contributed by atoms with Crippen molar-refractivity contribution in [3.05, 3.63) is 10.4 Å². The molecule has 0 unspecified atom stereocenters. The minimum atomic E-state index is -0.605. The number of rotatable bonds is 12. The zero-order valence-electron chi connectivity index (χ0n) is 19.7. The Labute approximate surface area is 184 Å². The van der Waals surface area contributed by atoms with Crippen LogP contribution in [0.1, 0.15) is 67.2 Å². The van der Waals surface area contributed by atoms with Crippen molar-refractivity contribution in [2.24, 2.45) is 5.11 Å². The molecule has 0 saturated heterocycles. The van der Waals surface area contributed by atoms with E-state index >= 15 is 0 Å². The van der Waals surface area contributed by atoms with Gasteiger partial charge in [0, 0.05) is 44.1 Å². The van der Waals surface area contributed by atoms with Crippen molar-refractivity contribution in [3.8, 4) is 0 Å². The van der Waals surface area contributed by atoms with Crippen molar-refractivity contribution in [2.45, 2.75) is 78.4 Å². The van der Waals surface area contributed by atoms with Crippen molar-refractivity contribution in [1.82, 2.24) is 15.5 Å². The van der Waals surface area contributed by atoms with E-state index in [1.54, 1.807) is 46.4 Å². The molecule has 178 valence electrons. The van der Waals surface area contributed by atoms with Crippen LogP contribution in [0.15, 0.2) is 5.11 Å². The van der Waals surface area contributed by atoms with Gasteiger partial charge in [-0.2, -0.15) is 0 Å². The predicted octanol–water partition coefficient (Wildman–Crippen LogP) is 3.74. The molecule has 0 aliphatic rings. The lowest BCUT2D eigenvalue weighted by Crippen LogP contribution is -2.44. The van der Waals surface area contributed by atoms with Gasteiger partial charge >= 0.3 is 12.2 Å². The standard InChI is InChI=1S/C20H38N6O5/c1-19(2,3)30-17(28)22-12-14-26(15-13-23-18(29)31-20(4,5)6)16(27)10-8-7-9-11-24-25-21/h7-15H2,1-6H3,(H,22,28)(H,23,29). The molecule has 0 aromatic carbocycles. The molecule has 0 aliphatic heterocycles. The number of azide groups is 1. The van der Waals surface area contributed by atoms with Gasteiger partial charge in [0.15, 0.2) is 0 Å². The maximum absolute atomic E-state index is 12.6. The van der Waals surface area contributed by atoms with E-state index in [1.165, 1.54) is 0 Å². The van der Waals surface area contributed by atoms with Crippen molar-refractivity contribution >= 4 is 18.1 Å². The van der Waals surface area contributed by atoms with E-state index in [1.807, 2.05) is 0 Å². The number of nitrogens with zero attached hydrogens (tertiary/aromatic N) is 4. The molecule has 0 saturated carbocycles. The van der Waals surface area contributed by atoms with Gasteiger partial charge in [-0.1, -0.05) is 11.5 Å². The van der Waals surface area contributed by atoms with Gasteiger partial charge in [0.2, 0.25) is 5.91 Å². The molecule has 0 rings (SSSR count). The van der Waals surface area contributed by atoms with Crippen LogP contribution in [0.4, 0.5) is 9.59 Å². The van der Waals surface area contributed by atoms with E-state index in [4.69, 9.17) is 15.0 Å². The van der Waals surface area contributed by atoms with Crippen molar-refractivity contribution in [2.75, 3.05) is 32.7 Å². The lowest BCUT2D eigenvalue weighted by atomic mass is 10.2. The topological polar surface area (TPSA) is 146 Å². The molecular weight excluding hydrogens is 404 g/mol. The van der Waals surface area contributed by atoms with E-state index in [9.17, 15) is 14.4 Å². The first-order valence-electron chi connectivity index (χ1n) is 10.6. The molecule has 2 N–H and O–H groups in total. The Morgan fingerprint density at radius 3 is 1.77 bits per heavy atom. The summed E-state index contributed by atoms with van der Waals surface area (Å²) in [6.45, 7) is 12.1. The highest BCUT2D eigenvalue weighted by Crippen LogP contribution is 2.08. The van der Waals surface area contributed by atoms with Crippen LogP contribution in [0.25, 0.3) is 10.4 Å². The van der Waals surface area contributed by atoms with Gasteiger partial charge in [0.05, 0.1) is 0 Å². The van der Waals surface area contributed by atoms with Crippen LogP contribution in [0.5, 0.6) is 0 Å². The third kappa shape index (κ3) is 17.9. The predicted molar refractivity (Wildman–Crippen MR) is 118 cm³/mol. The highest BCUT2D eigenvalue weighted by Gasteiger charge is 2.19. The largest absolute Gasteiger partial charge is 0.444 e. The number of carbonyl (C=O) groups is 3. The number of alkyl carbamates (subject to hydrolysis) is 2. The summed E-state index contributed by atoms with van der Waals surface area (Å²) in [6.07, 6.45) is 1.38. The Morgan fingerprint density at radius 1 is 0.871 bits per heavy atom. The molecule has 11 nitrogen and oxygen atoms in total. The van der Waals surface area contributed by atoms with E-state index in [0.717, 1.165) is 12.8 Å². The fourth-order valence-electron chi connectivity index (χ4n) is 2.41. The van der Waals surface area contributed by atoms with Crippen LogP contribution in [0.3, 0.4) is 0 Å². The molecule has 0 fully saturated rings. The fraction of sp³-hybridized carbons (Fsp3) is 0.850. The quantitative estimate of drug-likeness (QED) is 0.205. The third-order valence-electron chi connectivity index (χ3n) is 3.66. The van der Waals surface area contributed by atoms with Gasteiger partial charge in [-0.25, -0.2) is 9.59 Å². The molecule has 0 aromatic heterocycles. The maximum Gasteiger partial charge on any atom is 0.407 e. The zero-order chi connectivity index (χ0) is 23.9. The number of carbonyl (C=O) groups excluding carboxylic acids is 3. The number of nitrogens with one attached hydrogen (secondary N) is 2. The second-order valence-corrected chi connectivity index (χ2v) is 9.00. The van der Waals surface area contributed by atoms with Gasteiger partial charge in [-0.15, -0.1) is 0 Å². The number of unbranched alkanes of at least 4 members (excludes halogenated alkanes) is 2. The molecule has 11 heteroatoms. The minimum Gasteiger partial charge on any atom is -0.444 e. The first-order valence-corrected chi connectivity index (χ1v) is 10.6.